The number of aromatic nitrogens is 2. The van der Waals surface area contributed by atoms with E-state index in [1.54, 1.807) is 43.5 Å². The molecular formula is C16H21N5O2. The second-order valence-electron chi connectivity index (χ2n) is 5.22. The van der Waals surface area contributed by atoms with Crippen LogP contribution in [0.25, 0.3) is 0 Å². The van der Waals surface area contributed by atoms with Crippen molar-refractivity contribution < 1.29 is 9.53 Å². The van der Waals surface area contributed by atoms with Crippen LogP contribution in [0, 0.1) is 0 Å². The highest BCUT2D eigenvalue weighted by molar-refractivity contribution is 6.02. The average Bonchev–Trinajstić information content (AvgIpc) is 2.56. The number of methoxy groups -OCH3 is 1. The highest BCUT2D eigenvalue weighted by Crippen LogP contribution is 2.15. The zero-order valence-corrected chi connectivity index (χ0v) is 13.5. The van der Waals surface area contributed by atoms with Gasteiger partial charge in [0, 0.05) is 18.8 Å². The first-order chi connectivity index (χ1) is 11.1. The SMILES string of the molecule is COc1ccc(NC(=O)c2ccc(NCCN(C)C)nn2)cc1. The first-order valence-electron chi connectivity index (χ1n) is 7.26. The van der Waals surface area contributed by atoms with Gasteiger partial charge >= 0.3 is 0 Å². The van der Waals surface area contributed by atoms with Crippen LogP contribution < -0.4 is 15.4 Å². The summed E-state index contributed by atoms with van der Waals surface area (Å²) in [4.78, 5) is 14.2. The number of benzene rings is 1. The normalized spacial score (nSPS) is 10.4. The predicted molar refractivity (Wildman–Crippen MR) is 90.0 cm³/mol. The Balaban J connectivity index is 1.91. The molecule has 0 spiro atoms. The van der Waals surface area contributed by atoms with Crippen LogP contribution in [0.1, 0.15) is 10.5 Å². The number of carbonyl (C=O) groups excluding carboxylic acids is 1. The summed E-state index contributed by atoms with van der Waals surface area (Å²) < 4.78 is 5.07. The average molecular weight is 315 g/mol. The molecule has 7 heteroatoms. The van der Waals surface area contributed by atoms with E-state index in [0.717, 1.165) is 18.8 Å². The molecular weight excluding hydrogens is 294 g/mol. The van der Waals surface area contributed by atoms with Gasteiger partial charge in [-0.1, -0.05) is 0 Å². The molecule has 2 aromatic rings. The number of rotatable bonds is 7. The Morgan fingerprint density at radius 3 is 2.43 bits per heavy atom. The Morgan fingerprint density at radius 1 is 1.13 bits per heavy atom. The van der Waals surface area contributed by atoms with Crippen LogP contribution in [0.4, 0.5) is 11.5 Å². The summed E-state index contributed by atoms with van der Waals surface area (Å²) in [5.41, 5.74) is 0.935. The minimum atomic E-state index is -0.303. The van der Waals surface area contributed by atoms with E-state index in [1.165, 1.54) is 0 Å². The van der Waals surface area contributed by atoms with Crippen molar-refractivity contribution in [2.75, 3.05) is 44.9 Å². The lowest BCUT2D eigenvalue weighted by atomic mass is 10.3. The number of nitrogens with zero attached hydrogens (tertiary/aromatic N) is 3. The first kappa shape index (κ1) is 16.7. The topological polar surface area (TPSA) is 79.4 Å². The van der Waals surface area contributed by atoms with Crippen LogP contribution in [0.2, 0.25) is 0 Å². The van der Waals surface area contributed by atoms with Crippen LogP contribution >= 0.6 is 0 Å². The Kier molecular flexibility index (Phi) is 5.87. The molecule has 0 fully saturated rings. The number of carbonyl (C=O) groups is 1. The van der Waals surface area contributed by atoms with E-state index in [4.69, 9.17) is 4.74 Å². The minimum Gasteiger partial charge on any atom is -0.497 e. The van der Waals surface area contributed by atoms with Crippen LogP contribution in [0.3, 0.4) is 0 Å². The zero-order valence-electron chi connectivity index (χ0n) is 13.5. The fourth-order valence-corrected chi connectivity index (χ4v) is 1.82. The molecule has 0 atom stereocenters. The van der Waals surface area contributed by atoms with Gasteiger partial charge in [0.05, 0.1) is 7.11 Å². The largest absolute Gasteiger partial charge is 0.497 e. The number of anilines is 2. The number of hydrogen-bond donors (Lipinski definition) is 2. The molecule has 1 aromatic heterocycles. The third-order valence-corrected chi connectivity index (χ3v) is 3.11. The van der Waals surface area contributed by atoms with Crippen molar-refractivity contribution in [2.24, 2.45) is 0 Å². The molecule has 0 aliphatic rings. The molecule has 0 aliphatic heterocycles. The standard InChI is InChI=1S/C16H21N5O2/c1-21(2)11-10-17-15-9-8-14(19-20-15)16(22)18-12-4-6-13(23-3)7-5-12/h4-9H,10-11H2,1-3H3,(H,17,20)(H,18,22). The molecule has 0 saturated heterocycles. The molecule has 0 radical (unpaired) electrons. The van der Waals surface area contributed by atoms with Crippen molar-refractivity contribution in [1.29, 1.82) is 0 Å². The molecule has 23 heavy (non-hydrogen) atoms. The lowest BCUT2D eigenvalue weighted by molar-refractivity contribution is 0.102. The zero-order chi connectivity index (χ0) is 16.7. The maximum atomic E-state index is 12.1. The Labute approximate surface area is 135 Å². The molecule has 0 unspecified atom stereocenters. The van der Waals surface area contributed by atoms with Crippen molar-refractivity contribution in [1.82, 2.24) is 15.1 Å². The maximum absolute atomic E-state index is 12.1. The molecule has 1 aromatic carbocycles. The van der Waals surface area contributed by atoms with Gasteiger partial charge in [-0.15, -0.1) is 10.2 Å². The van der Waals surface area contributed by atoms with Gasteiger partial charge in [0.15, 0.2) is 5.69 Å². The van der Waals surface area contributed by atoms with Gasteiger partial charge in [-0.2, -0.15) is 0 Å². The van der Waals surface area contributed by atoms with E-state index in [1.807, 2.05) is 14.1 Å². The van der Waals surface area contributed by atoms with Gasteiger partial charge in [0.1, 0.15) is 11.6 Å². The van der Waals surface area contributed by atoms with E-state index < -0.39 is 0 Å². The van der Waals surface area contributed by atoms with Gasteiger partial charge in [0.2, 0.25) is 0 Å². The third-order valence-electron chi connectivity index (χ3n) is 3.11. The van der Waals surface area contributed by atoms with Gasteiger partial charge in [-0.05, 0) is 50.5 Å². The summed E-state index contributed by atoms with van der Waals surface area (Å²) in [6.45, 7) is 1.65. The minimum absolute atomic E-state index is 0.263. The monoisotopic (exact) mass is 315 g/mol. The van der Waals surface area contributed by atoms with Crippen molar-refractivity contribution >= 4 is 17.4 Å². The van der Waals surface area contributed by atoms with E-state index >= 15 is 0 Å². The smallest absolute Gasteiger partial charge is 0.276 e. The Hall–Kier alpha value is -2.67. The molecule has 1 amide bonds. The van der Waals surface area contributed by atoms with E-state index in [2.05, 4.69) is 25.7 Å². The molecule has 0 saturated carbocycles. The Bertz CT molecular complexity index is 626. The van der Waals surface area contributed by atoms with Crippen molar-refractivity contribution in [3.8, 4) is 5.75 Å². The predicted octanol–water partition coefficient (Wildman–Crippen LogP) is 1.71. The molecule has 0 bridgehead atoms. The second kappa shape index (κ2) is 8.09. The van der Waals surface area contributed by atoms with E-state index in [9.17, 15) is 4.79 Å². The fraction of sp³-hybridized carbons (Fsp3) is 0.312. The molecule has 1 heterocycles. The van der Waals surface area contributed by atoms with Gasteiger partial charge in [-0.3, -0.25) is 4.79 Å². The molecule has 7 nitrogen and oxygen atoms in total. The van der Waals surface area contributed by atoms with Gasteiger partial charge < -0.3 is 20.3 Å². The van der Waals surface area contributed by atoms with Gasteiger partial charge in [0.25, 0.3) is 5.91 Å². The first-order valence-corrected chi connectivity index (χ1v) is 7.26. The summed E-state index contributed by atoms with van der Waals surface area (Å²) >= 11 is 0. The Morgan fingerprint density at radius 2 is 1.87 bits per heavy atom. The van der Waals surface area contributed by atoms with E-state index in [-0.39, 0.29) is 11.6 Å². The van der Waals surface area contributed by atoms with Crippen LogP contribution in [0.5, 0.6) is 5.75 Å². The molecule has 0 aliphatic carbocycles. The summed E-state index contributed by atoms with van der Waals surface area (Å²) in [7, 11) is 5.59. The quantitative estimate of drug-likeness (QED) is 0.810. The second-order valence-corrected chi connectivity index (χ2v) is 5.22. The number of amides is 1. The number of ether oxygens (including phenoxy) is 1. The van der Waals surface area contributed by atoms with Crippen LogP contribution in [-0.4, -0.2) is 55.3 Å². The van der Waals surface area contributed by atoms with E-state index in [0.29, 0.717) is 11.5 Å². The lowest BCUT2D eigenvalue weighted by Gasteiger charge is -2.10. The lowest BCUT2D eigenvalue weighted by Crippen LogP contribution is -2.21. The maximum Gasteiger partial charge on any atom is 0.276 e. The number of nitrogens with one attached hydrogen (secondary N) is 2. The van der Waals surface area contributed by atoms with Crippen LogP contribution in [0.15, 0.2) is 36.4 Å². The van der Waals surface area contributed by atoms with Crippen molar-refractivity contribution in [3.63, 3.8) is 0 Å². The number of likely N-dealkylation sites (N-methyl/N-ethyl adjacent to an activating group) is 1. The summed E-state index contributed by atoms with van der Waals surface area (Å²) in [6, 6.07) is 10.5. The van der Waals surface area contributed by atoms with Crippen molar-refractivity contribution in [3.05, 3.63) is 42.1 Å². The third kappa shape index (κ3) is 5.23. The molecule has 2 N–H and O–H groups in total. The molecule has 122 valence electrons. The highest BCUT2D eigenvalue weighted by Gasteiger charge is 2.08. The summed E-state index contributed by atoms with van der Waals surface area (Å²) in [5.74, 6) is 1.08. The summed E-state index contributed by atoms with van der Waals surface area (Å²) in [5, 5.41) is 13.9. The van der Waals surface area contributed by atoms with Crippen LogP contribution in [-0.2, 0) is 0 Å². The summed E-state index contributed by atoms with van der Waals surface area (Å²) in [6.07, 6.45) is 0. The molecule has 2 rings (SSSR count). The van der Waals surface area contributed by atoms with Gasteiger partial charge in [-0.25, -0.2) is 0 Å². The fourth-order valence-electron chi connectivity index (χ4n) is 1.82. The highest BCUT2D eigenvalue weighted by atomic mass is 16.5. The van der Waals surface area contributed by atoms with Crippen molar-refractivity contribution in [2.45, 2.75) is 0 Å². The number of hydrogen-bond acceptors (Lipinski definition) is 6.